The third kappa shape index (κ3) is 4.55. The highest BCUT2D eigenvalue weighted by Gasteiger charge is 2.35. The van der Waals surface area contributed by atoms with Gasteiger partial charge in [0.25, 0.3) is 0 Å². The molecule has 0 saturated carbocycles. The lowest BCUT2D eigenvalue weighted by Crippen LogP contribution is -2.43. The summed E-state index contributed by atoms with van der Waals surface area (Å²) in [6.07, 6.45) is 1.44. The van der Waals surface area contributed by atoms with E-state index in [4.69, 9.17) is 4.74 Å². The number of nitrogens with one attached hydrogen (secondary N) is 1. The molecular formula is C22H28N2O5S. The molecule has 2 aromatic rings. The van der Waals surface area contributed by atoms with Gasteiger partial charge in [-0.05, 0) is 52.3 Å². The largest absolute Gasteiger partial charge is 0.461 e. The van der Waals surface area contributed by atoms with Crippen LogP contribution in [0.3, 0.4) is 0 Å². The lowest BCUT2D eigenvalue weighted by molar-refractivity contribution is 0.0519. The van der Waals surface area contributed by atoms with Crippen molar-refractivity contribution in [3.8, 4) is 0 Å². The number of esters is 1. The summed E-state index contributed by atoms with van der Waals surface area (Å²) in [5, 5.41) is 0. The number of aromatic amines is 1. The maximum absolute atomic E-state index is 13.3. The van der Waals surface area contributed by atoms with E-state index in [2.05, 4.69) is 11.6 Å². The molecule has 0 saturated heterocycles. The molecule has 8 heteroatoms. The maximum Gasteiger partial charge on any atom is 0.355 e. The van der Waals surface area contributed by atoms with E-state index >= 15 is 0 Å². The third-order valence-corrected chi connectivity index (χ3v) is 6.86. The highest BCUT2D eigenvalue weighted by Crippen LogP contribution is 2.25. The molecule has 0 aliphatic rings. The van der Waals surface area contributed by atoms with Gasteiger partial charge in [-0.15, -0.1) is 6.58 Å². The number of ketones is 1. The molecule has 30 heavy (non-hydrogen) atoms. The van der Waals surface area contributed by atoms with Gasteiger partial charge in [0.15, 0.2) is 5.78 Å². The average Bonchev–Trinajstić information content (AvgIpc) is 2.99. The number of nitrogens with zero attached hydrogens (tertiary/aromatic N) is 1. The second-order valence-electron chi connectivity index (χ2n) is 7.06. The van der Waals surface area contributed by atoms with Gasteiger partial charge < -0.3 is 9.72 Å². The standard InChI is InChI=1S/C22H28N2O5S/c1-7-13-24(30(27,28)18-11-9-14(3)10-12-18)17(6)21(25)19-15(4)20(23-16(19)5)22(26)29-8-2/h7,9-12,17,23H,1,8,13H2,2-6H3. The fourth-order valence-corrected chi connectivity index (χ4v) is 4.87. The fourth-order valence-electron chi connectivity index (χ4n) is 3.30. The van der Waals surface area contributed by atoms with Crippen LogP contribution in [0.15, 0.2) is 41.8 Å². The van der Waals surface area contributed by atoms with Gasteiger partial charge >= 0.3 is 5.97 Å². The molecular weight excluding hydrogens is 404 g/mol. The lowest BCUT2D eigenvalue weighted by atomic mass is 10.0. The van der Waals surface area contributed by atoms with E-state index in [-0.39, 0.29) is 23.7 Å². The zero-order valence-corrected chi connectivity index (χ0v) is 18.8. The number of carbonyl (C=O) groups excluding carboxylic acids is 2. The van der Waals surface area contributed by atoms with Crippen molar-refractivity contribution < 1.29 is 22.7 Å². The second-order valence-corrected chi connectivity index (χ2v) is 8.95. The maximum atomic E-state index is 13.3. The van der Waals surface area contributed by atoms with E-state index < -0.39 is 27.8 Å². The minimum atomic E-state index is -3.94. The van der Waals surface area contributed by atoms with Gasteiger partial charge in [-0.2, -0.15) is 4.31 Å². The highest BCUT2D eigenvalue weighted by molar-refractivity contribution is 7.89. The smallest absolute Gasteiger partial charge is 0.355 e. The van der Waals surface area contributed by atoms with Crippen molar-refractivity contribution >= 4 is 21.8 Å². The Kier molecular flexibility index (Phi) is 7.39. The number of ether oxygens (including phenoxy) is 1. The second kappa shape index (κ2) is 9.40. The van der Waals surface area contributed by atoms with Gasteiger partial charge in [-0.3, -0.25) is 4.79 Å². The van der Waals surface area contributed by atoms with Crippen LogP contribution in [-0.4, -0.2) is 48.7 Å². The Morgan fingerprint density at radius 1 is 1.20 bits per heavy atom. The number of aromatic nitrogens is 1. The molecule has 0 amide bonds. The van der Waals surface area contributed by atoms with Crippen molar-refractivity contribution in [3.05, 3.63) is 65.0 Å². The first-order valence-corrected chi connectivity index (χ1v) is 11.1. The van der Waals surface area contributed by atoms with E-state index in [1.54, 1.807) is 32.9 Å². The van der Waals surface area contributed by atoms with Crippen LogP contribution in [0, 0.1) is 20.8 Å². The molecule has 0 spiro atoms. The molecule has 1 N–H and O–H groups in total. The number of carbonyl (C=O) groups is 2. The van der Waals surface area contributed by atoms with Crippen molar-refractivity contribution in [1.82, 2.24) is 9.29 Å². The summed E-state index contributed by atoms with van der Waals surface area (Å²) in [6.45, 7) is 12.2. The zero-order chi connectivity index (χ0) is 22.6. The van der Waals surface area contributed by atoms with Crippen LogP contribution in [0.25, 0.3) is 0 Å². The molecule has 0 aliphatic carbocycles. The van der Waals surface area contributed by atoms with Gasteiger partial charge in [0.1, 0.15) is 5.69 Å². The number of sulfonamides is 1. The Morgan fingerprint density at radius 3 is 2.33 bits per heavy atom. The summed E-state index contributed by atoms with van der Waals surface area (Å²) in [6, 6.07) is 5.44. The first kappa shape index (κ1) is 23.6. The SMILES string of the molecule is C=CCN(C(C)C(=O)c1c(C)[nH]c(C(=O)OCC)c1C)S(=O)(=O)c1ccc(C)cc1. The normalized spacial score (nSPS) is 12.6. The van der Waals surface area contributed by atoms with Crippen LogP contribution in [0.2, 0.25) is 0 Å². The first-order chi connectivity index (χ1) is 14.1. The van der Waals surface area contributed by atoms with Crippen LogP contribution >= 0.6 is 0 Å². The van der Waals surface area contributed by atoms with Crippen molar-refractivity contribution in [3.63, 3.8) is 0 Å². The molecule has 7 nitrogen and oxygen atoms in total. The number of Topliss-reactive ketones (excluding diaryl/α,β-unsaturated/α-hetero) is 1. The first-order valence-electron chi connectivity index (χ1n) is 9.66. The summed E-state index contributed by atoms with van der Waals surface area (Å²) in [5.41, 5.74) is 2.34. The number of hydrogen-bond acceptors (Lipinski definition) is 5. The average molecular weight is 433 g/mol. The molecule has 2 rings (SSSR count). The number of hydrogen-bond donors (Lipinski definition) is 1. The van der Waals surface area contributed by atoms with Gasteiger partial charge in [0, 0.05) is 17.8 Å². The molecule has 0 radical (unpaired) electrons. The molecule has 0 bridgehead atoms. The van der Waals surface area contributed by atoms with Gasteiger partial charge in [-0.1, -0.05) is 23.8 Å². The highest BCUT2D eigenvalue weighted by atomic mass is 32.2. The molecule has 1 aromatic carbocycles. The van der Waals surface area contributed by atoms with Crippen LogP contribution in [-0.2, 0) is 14.8 Å². The van der Waals surface area contributed by atoms with Crippen LogP contribution < -0.4 is 0 Å². The Morgan fingerprint density at radius 2 is 1.80 bits per heavy atom. The molecule has 1 atom stereocenters. The predicted octanol–water partition coefficient (Wildman–Crippen LogP) is 3.56. The van der Waals surface area contributed by atoms with Crippen LogP contribution in [0.5, 0.6) is 0 Å². The summed E-state index contributed by atoms with van der Waals surface area (Å²) in [4.78, 5) is 28.5. The molecule has 0 aliphatic heterocycles. The molecule has 162 valence electrons. The monoisotopic (exact) mass is 432 g/mol. The third-order valence-electron chi connectivity index (χ3n) is 4.91. The van der Waals surface area contributed by atoms with Gasteiger partial charge in [-0.25, -0.2) is 13.2 Å². The Balaban J connectivity index is 2.46. The van der Waals surface area contributed by atoms with Crippen LogP contribution in [0.4, 0.5) is 0 Å². The zero-order valence-electron chi connectivity index (χ0n) is 18.0. The summed E-state index contributed by atoms with van der Waals surface area (Å²) >= 11 is 0. The topological polar surface area (TPSA) is 96.5 Å². The number of H-pyrrole nitrogens is 1. The quantitative estimate of drug-likeness (QED) is 0.371. The summed E-state index contributed by atoms with van der Waals surface area (Å²) < 4.78 is 32.6. The van der Waals surface area contributed by atoms with Crippen molar-refractivity contribution in [1.29, 1.82) is 0 Å². The lowest BCUT2D eigenvalue weighted by Gasteiger charge is -2.26. The van der Waals surface area contributed by atoms with Crippen molar-refractivity contribution in [2.75, 3.05) is 13.2 Å². The molecule has 1 heterocycles. The van der Waals surface area contributed by atoms with Crippen molar-refractivity contribution in [2.24, 2.45) is 0 Å². The van der Waals surface area contributed by atoms with Gasteiger partial charge in [0.2, 0.25) is 10.0 Å². The van der Waals surface area contributed by atoms with Gasteiger partial charge in [0.05, 0.1) is 17.5 Å². The van der Waals surface area contributed by atoms with E-state index in [1.807, 2.05) is 6.92 Å². The number of benzene rings is 1. The summed E-state index contributed by atoms with van der Waals surface area (Å²) in [7, 11) is -3.94. The summed E-state index contributed by atoms with van der Waals surface area (Å²) in [5.74, 6) is -0.964. The number of rotatable bonds is 9. The van der Waals surface area contributed by atoms with Crippen molar-refractivity contribution in [2.45, 2.75) is 45.6 Å². The Labute approximate surface area is 177 Å². The fraction of sp³-hybridized carbons (Fsp3) is 0.364. The Bertz CT molecular complexity index is 1050. The molecule has 1 aromatic heterocycles. The predicted molar refractivity (Wildman–Crippen MR) is 115 cm³/mol. The van der Waals surface area contributed by atoms with E-state index in [1.165, 1.54) is 25.1 Å². The molecule has 1 unspecified atom stereocenters. The van der Waals surface area contributed by atoms with E-state index in [9.17, 15) is 18.0 Å². The number of aryl methyl sites for hydroxylation is 2. The molecule has 0 fully saturated rings. The minimum absolute atomic E-state index is 0.0314. The Hall–Kier alpha value is -2.71. The minimum Gasteiger partial charge on any atom is -0.461 e. The van der Waals surface area contributed by atoms with Crippen LogP contribution in [0.1, 0.15) is 51.5 Å². The van der Waals surface area contributed by atoms with E-state index in [0.29, 0.717) is 16.8 Å². The van der Waals surface area contributed by atoms with E-state index in [0.717, 1.165) is 9.87 Å².